The third kappa shape index (κ3) is 3.17. The van der Waals surface area contributed by atoms with E-state index in [1.807, 2.05) is 23.5 Å². The lowest BCUT2D eigenvalue weighted by molar-refractivity contribution is -0.131. The zero-order valence-electron chi connectivity index (χ0n) is 10.1. The van der Waals surface area contributed by atoms with Crippen molar-refractivity contribution in [3.8, 4) is 0 Å². The molecule has 0 spiro atoms. The standard InChI is InChI=1S/C11H18N4OS/c1-12-3-2-10(16)14-5-7-15(8-6-14)11-13-4-9-17-11/h4,9,12H,2-3,5-8H2,1H3. The summed E-state index contributed by atoms with van der Waals surface area (Å²) in [6, 6.07) is 0. The van der Waals surface area contributed by atoms with Crippen molar-refractivity contribution in [2.24, 2.45) is 0 Å². The van der Waals surface area contributed by atoms with Gasteiger partial charge in [0, 0.05) is 50.7 Å². The molecule has 1 saturated heterocycles. The molecule has 0 aromatic carbocycles. The summed E-state index contributed by atoms with van der Waals surface area (Å²) in [4.78, 5) is 20.3. The molecule has 0 radical (unpaired) electrons. The fourth-order valence-corrected chi connectivity index (χ4v) is 2.61. The highest BCUT2D eigenvalue weighted by molar-refractivity contribution is 7.13. The number of anilines is 1. The Morgan fingerprint density at radius 2 is 2.24 bits per heavy atom. The molecule has 0 bridgehead atoms. The van der Waals surface area contributed by atoms with Crippen molar-refractivity contribution >= 4 is 22.4 Å². The number of carbonyl (C=O) groups excluding carboxylic acids is 1. The van der Waals surface area contributed by atoms with E-state index >= 15 is 0 Å². The molecular formula is C11H18N4OS. The van der Waals surface area contributed by atoms with Gasteiger partial charge in [-0.15, -0.1) is 11.3 Å². The first kappa shape index (κ1) is 12.3. The molecule has 1 N–H and O–H groups in total. The molecule has 0 unspecified atom stereocenters. The minimum Gasteiger partial charge on any atom is -0.345 e. The van der Waals surface area contributed by atoms with Gasteiger partial charge in [-0.25, -0.2) is 4.98 Å². The Labute approximate surface area is 105 Å². The van der Waals surface area contributed by atoms with Crippen LogP contribution in [0.15, 0.2) is 11.6 Å². The molecule has 94 valence electrons. The minimum absolute atomic E-state index is 0.248. The van der Waals surface area contributed by atoms with Gasteiger partial charge in [0.15, 0.2) is 5.13 Å². The second-order valence-corrected chi connectivity index (χ2v) is 4.91. The van der Waals surface area contributed by atoms with Crippen LogP contribution in [-0.2, 0) is 4.79 Å². The van der Waals surface area contributed by atoms with Crippen LogP contribution in [0, 0.1) is 0 Å². The zero-order chi connectivity index (χ0) is 12.1. The topological polar surface area (TPSA) is 48.5 Å². The number of piperazine rings is 1. The third-order valence-electron chi connectivity index (χ3n) is 2.91. The fourth-order valence-electron chi connectivity index (χ4n) is 1.91. The summed E-state index contributed by atoms with van der Waals surface area (Å²) in [5, 5.41) is 6.05. The van der Waals surface area contributed by atoms with Crippen LogP contribution in [0.25, 0.3) is 0 Å². The second kappa shape index (κ2) is 5.97. The maximum Gasteiger partial charge on any atom is 0.223 e. The van der Waals surface area contributed by atoms with Crippen LogP contribution in [-0.4, -0.2) is 55.6 Å². The Morgan fingerprint density at radius 3 is 2.82 bits per heavy atom. The number of thiazole rings is 1. The summed E-state index contributed by atoms with van der Waals surface area (Å²) in [6.07, 6.45) is 2.41. The largest absolute Gasteiger partial charge is 0.345 e. The molecule has 2 heterocycles. The van der Waals surface area contributed by atoms with Gasteiger partial charge in [0.2, 0.25) is 5.91 Å². The molecule has 1 aliphatic heterocycles. The average molecular weight is 254 g/mol. The van der Waals surface area contributed by atoms with Crippen LogP contribution in [0.2, 0.25) is 0 Å². The lowest BCUT2D eigenvalue weighted by atomic mass is 10.3. The number of nitrogens with zero attached hydrogens (tertiary/aromatic N) is 3. The molecule has 1 aromatic rings. The summed E-state index contributed by atoms with van der Waals surface area (Å²) in [7, 11) is 1.87. The zero-order valence-corrected chi connectivity index (χ0v) is 10.9. The number of amides is 1. The van der Waals surface area contributed by atoms with Gasteiger partial charge in [0.1, 0.15) is 0 Å². The van der Waals surface area contributed by atoms with Crippen LogP contribution in [0.3, 0.4) is 0 Å². The van der Waals surface area contributed by atoms with Crippen molar-refractivity contribution in [1.29, 1.82) is 0 Å². The predicted octanol–water partition coefficient (Wildman–Crippen LogP) is 0.401. The van der Waals surface area contributed by atoms with E-state index < -0.39 is 0 Å². The highest BCUT2D eigenvalue weighted by Crippen LogP contribution is 2.18. The van der Waals surface area contributed by atoms with Gasteiger partial charge in [-0.1, -0.05) is 0 Å². The molecule has 1 aliphatic rings. The van der Waals surface area contributed by atoms with Crippen molar-refractivity contribution in [2.75, 3.05) is 44.7 Å². The molecular weight excluding hydrogens is 236 g/mol. The van der Waals surface area contributed by atoms with E-state index in [1.165, 1.54) is 0 Å². The molecule has 0 atom stereocenters. The number of nitrogens with one attached hydrogen (secondary N) is 1. The van der Waals surface area contributed by atoms with Crippen LogP contribution in [0.5, 0.6) is 0 Å². The number of hydrogen-bond acceptors (Lipinski definition) is 5. The summed E-state index contributed by atoms with van der Waals surface area (Å²) in [5.41, 5.74) is 0. The molecule has 0 saturated carbocycles. The first-order valence-corrected chi connectivity index (χ1v) is 6.76. The van der Waals surface area contributed by atoms with Crippen LogP contribution < -0.4 is 10.2 Å². The Balaban J connectivity index is 1.80. The molecule has 1 amide bonds. The van der Waals surface area contributed by atoms with Crippen molar-refractivity contribution in [2.45, 2.75) is 6.42 Å². The van der Waals surface area contributed by atoms with E-state index in [0.717, 1.165) is 37.9 Å². The van der Waals surface area contributed by atoms with Crippen molar-refractivity contribution in [1.82, 2.24) is 15.2 Å². The number of carbonyl (C=O) groups is 1. The average Bonchev–Trinajstić information content (AvgIpc) is 2.90. The Morgan fingerprint density at radius 1 is 1.47 bits per heavy atom. The van der Waals surface area contributed by atoms with Gasteiger partial charge in [-0.2, -0.15) is 0 Å². The van der Waals surface area contributed by atoms with Crippen LogP contribution in [0.1, 0.15) is 6.42 Å². The van der Waals surface area contributed by atoms with E-state index in [-0.39, 0.29) is 5.91 Å². The molecule has 5 nitrogen and oxygen atoms in total. The third-order valence-corrected chi connectivity index (χ3v) is 3.74. The highest BCUT2D eigenvalue weighted by Gasteiger charge is 2.21. The number of rotatable bonds is 4. The van der Waals surface area contributed by atoms with Crippen molar-refractivity contribution in [3.63, 3.8) is 0 Å². The number of hydrogen-bond donors (Lipinski definition) is 1. The van der Waals surface area contributed by atoms with E-state index in [0.29, 0.717) is 6.42 Å². The fraction of sp³-hybridized carbons (Fsp3) is 0.636. The molecule has 2 rings (SSSR count). The molecule has 1 fully saturated rings. The molecule has 6 heteroatoms. The van der Waals surface area contributed by atoms with E-state index in [9.17, 15) is 4.79 Å². The first-order valence-electron chi connectivity index (χ1n) is 5.88. The lowest BCUT2D eigenvalue weighted by Crippen LogP contribution is -2.49. The van der Waals surface area contributed by atoms with Crippen molar-refractivity contribution < 1.29 is 4.79 Å². The lowest BCUT2D eigenvalue weighted by Gasteiger charge is -2.34. The smallest absolute Gasteiger partial charge is 0.223 e. The summed E-state index contributed by atoms with van der Waals surface area (Å²) in [5.74, 6) is 0.248. The van der Waals surface area contributed by atoms with Gasteiger partial charge >= 0.3 is 0 Å². The second-order valence-electron chi connectivity index (χ2n) is 4.04. The Bertz CT molecular complexity index is 346. The van der Waals surface area contributed by atoms with E-state index in [1.54, 1.807) is 11.3 Å². The van der Waals surface area contributed by atoms with E-state index in [4.69, 9.17) is 0 Å². The normalized spacial score (nSPS) is 16.3. The summed E-state index contributed by atoms with van der Waals surface area (Å²) in [6.45, 7) is 4.15. The molecule has 1 aromatic heterocycles. The first-order chi connectivity index (χ1) is 8.31. The maximum absolute atomic E-state index is 11.8. The van der Waals surface area contributed by atoms with Crippen LogP contribution >= 0.6 is 11.3 Å². The SMILES string of the molecule is CNCCC(=O)N1CCN(c2nccs2)CC1. The molecule has 17 heavy (non-hydrogen) atoms. The summed E-state index contributed by atoms with van der Waals surface area (Å²) >= 11 is 1.65. The van der Waals surface area contributed by atoms with Gasteiger partial charge in [0.05, 0.1) is 0 Å². The Kier molecular flexibility index (Phi) is 4.33. The maximum atomic E-state index is 11.8. The highest BCUT2D eigenvalue weighted by atomic mass is 32.1. The monoisotopic (exact) mass is 254 g/mol. The van der Waals surface area contributed by atoms with Gasteiger partial charge in [-0.3, -0.25) is 4.79 Å². The van der Waals surface area contributed by atoms with Gasteiger partial charge < -0.3 is 15.1 Å². The molecule has 0 aliphatic carbocycles. The van der Waals surface area contributed by atoms with Gasteiger partial charge in [0.25, 0.3) is 0 Å². The van der Waals surface area contributed by atoms with Crippen LogP contribution in [0.4, 0.5) is 5.13 Å². The number of aromatic nitrogens is 1. The Hall–Kier alpha value is -1.14. The van der Waals surface area contributed by atoms with Gasteiger partial charge in [-0.05, 0) is 7.05 Å². The minimum atomic E-state index is 0.248. The van der Waals surface area contributed by atoms with E-state index in [2.05, 4.69) is 15.2 Å². The van der Waals surface area contributed by atoms with Crippen molar-refractivity contribution in [3.05, 3.63) is 11.6 Å². The quantitative estimate of drug-likeness (QED) is 0.845. The predicted molar refractivity (Wildman–Crippen MR) is 69.5 cm³/mol. The summed E-state index contributed by atoms with van der Waals surface area (Å²) < 4.78 is 0.